The van der Waals surface area contributed by atoms with Crippen molar-refractivity contribution in [2.24, 2.45) is 5.92 Å². The number of piperazine rings is 1. The molecule has 1 amide bonds. The van der Waals surface area contributed by atoms with Crippen molar-refractivity contribution in [1.29, 1.82) is 0 Å². The van der Waals surface area contributed by atoms with Crippen molar-refractivity contribution in [2.45, 2.75) is 12.8 Å². The average molecular weight is 322 g/mol. The van der Waals surface area contributed by atoms with E-state index in [0.29, 0.717) is 5.91 Å². The quantitative estimate of drug-likeness (QED) is 0.836. The lowest BCUT2D eigenvalue weighted by Crippen LogP contribution is -2.51. The molecule has 2 aliphatic rings. The molecule has 0 N–H and O–H groups in total. The number of likely N-dealkylation sites (tertiary alicyclic amines) is 1. The van der Waals surface area contributed by atoms with E-state index >= 15 is 0 Å². The zero-order valence-corrected chi connectivity index (χ0v) is 13.9. The van der Waals surface area contributed by atoms with Crippen molar-refractivity contribution in [3.63, 3.8) is 0 Å². The van der Waals surface area contributed by atoms with Gasteiger partial charge in [0.05, 0.1) is 0 Å². The van der Waals surface area contributed by atoms with Gasteiger partial charge in [0.1, 0.15) is 0 Å². The molecule has 0 spiro atoms. The summed E-state index contributed by atoms with van der Waals surface area (Å²) in [4.78, 5) is 19.3. The van der Waals surface area contributed by atoms with Gasteiger partial charge in [-0.15, -0.1) is 0 Å². The van der Waals surface area contributed by atoms with Gasteiger partial charge < -0.3 is 14.7 Å². The van der Waals surface area contributed by atoms with Crippen LogP contribution in [0.15, 0.2) is 24.3 Å². The molecule has 1 aromatic rings. The number of amides is 1. The fourth-order valence-electron chi connectivity index (χ4n) is 3.37. The van der Waals surface area contributed by atoms with Gasteiger partial charge in [0.2, 0.25) is 5.91 Å². The molecule has 0 unspecified atom stereocenters. The highest BCUT2D eigenvalue weighted by Gasteiger charge is 2.29. The van der Waals surface area contributed by atoms with Crippen LogP contribution in [0.25, 0.3) is 0 Å². The number of piperidine rings is 1. The molecule has 2 aliphatic heterocycles. The van der Waals surface area contributed by atoms with Gasteiger partial charge in [-0.1, -0.05) is 17.7 Å². The molecule has 0 aliphatic carbocycles. The molecule has 0 aromatic heterocycles. The highest BCUT2D eigenvalue weighted by molar-refractivity contribution is 6.30. The molecule has 2 heterocycles. The van der Waals surface area contributed by atoms with Gasteiger partial charge in [0.25, 0.3) is 0 Å². The summed E-state index contributed by atoms with van der Waals surface area (Å²) in [7, 11) is 2.13. The third-order valence-corrected chi connectivity index (χ3v) is 5.07. The first-order chi connectivity index (χ1) is 10.6. The Bertz CT molecular complexity index is 520. The summed E-state index contributed by atoms with van der Waals surface area (Å²) in [5.74, 6) is 0.591. The normalized spacial score (nSPS) is 21.2. The Kier molecular flexibility index (Phi) is 4.89. The summed E-state index contributed by atoms with van der Waals surface area (Å²) in [5, 5.41) is 0.766. The third-order valence-electron chi connectivity index (χ3n) is 4.83. The Hall–Kier alpha value is -1.26. The lowest BCUT2D eigenvalue weighted by molar-refractivity contribution is -0.137. The van der Waals surface area contributed by atoms with Gasteiger partial charge in [0, 0.05) is 42.8 Å². The van der Waals surface area contributed by atoms with Crippen molar-refractivity contribution in [3.05, 3.63) is 29.3 Å². The fraction of sp³-hybridized carbons (Fsp3) is 0.588. The lowest BCUT2D eigenvalue weighted by atomic mass is 9.95. The van der Waals surface area contributed by atoms with Crippen molar-refractivity contribution in [2.75, 3.05) is 51.2 Å². The summed E-state index contributed by atoms with van der Waals surface area (Å²) >= 11 is 6.06. The zero-order chi connectivity index (χ0) is 15.5. The SMILES string of the molecule is CN1CCC(C(=O)N2CCN(c3cccc(Cl)c3)CC2)CC1. The monoisotopic (exact) mass is 321 g/mol. The van der Waals surface area contributed by atoms with Crippen molar-refractivity contribution in [3.8, 4) is 0 Å². The van der Waals surface area contributed by atoms with Gasteiger partial charge in [-0.3, -0.25) is 4.79 Å². The average Bonchev–Trinajstić information content (AvgIpc) is 2.55. The predicted octanol–water partition coefficient (Wildman–Crippen LogP) is 2.33. The van der Waals surface area contributed by atoms with Crippen LogP contribution in [0.4, 0.5) is 5.69 Å². The molecular weight excluding hydrogens is 298 g/mol. The number of nitrogens with zero attached hydrogens (tertiary/aromatic N) is 3. The largest absolute Gasteiger partial charge is 0.368 e. The molecule has 5 heteroatoms. The Morgan fingerprint density at radius 2 is 1.77 bits per heavy atom. The first-order valence-electron chi connectivity index (χ1n) is 8.11. The Labute approximate surface area is 137 Å². The van der Waals surface area contributed by atoms with E-state index in [-0.39, 0.29) is 5.92 Å². The summed E-state index contributed by atoms with van der Waals surface area (Å²) in [6.07, 6.45) is 2.01. The molecule has 0 atom stereocenters. The Morgan fingerprint density at radius 1 is 1.09 bits per heavy atom. The van der Waals surface area contributed by atoms with Gasteiger partial charge in [0.15, 0.2) is 0 Å². The highest BCUT2D eigenvalue weighted by atomic mass is 35.5. The molecule has 0 bridgehead atoms. The number of carbonyl (C=O) groups is 1. The van der Waals surface area contributed by atoms with Crippen LogP contribution < -0.4 is 4.90 Å². The highest BCUT2D eigenvalue weighted by Crippen LogP contribution is 2.23. The lowest BCUT2D eigenvalue weighted by Gasteiger charge is -2.39. The third kappa shape index (κ3) is 3.55. The molecule has 0 radical (unpaired) electrons. The van der Waals surface area contributed by atoms with Crippen LogP contribution in [0, 0.1) is 5.92 Å². The molecule has 4 nitrogen and oxygen atoms in total. The van der Waals surface area contributed by atoms with E-state index in [1.807, 2.05) is 18.2 Å². The molecule has 22 heavy (non-hydrogen) atoms. The summed E-state index contributed by atoms with van der Waals surface area (Å²) < 4.78 is 0. The predicted molar refractivity (Wildman–Crippen MR) is 90.5 cm³/mol. The maximum Gasteiger partial charge on any atom is 0.225 e. The van der Waals surface area contributed by atoms with Crippen molar-refractivity contribution in [1.82, 2.24) is 9.80 Å². The van der Waals surface area contributed by atoms with Crippen LogP contribution >= 0.6 is 11.6 Å². The second-order valence-electron chi connectivity index (χ2n) is 6.37. The van der Waals surface area contributed by atoms with E-state index in [2.05, 4.69) is 27.8 Å². The standard InChI is InChI=1S/C17H24ClN3O/c1-19-7-5-14(6-8-19)17(22)21-11-9-20(10-12-21)16-4-2-3-15(18)13-16/h2-4,13-14H,5-12H2,1H3. The number of halogens is 1. The minimum atomic E-state index is 0.230. The molecular formula is C17H24ClN3O. The topological polar surface area (TPSA) is 26.8 Å². The number of hydrogen-bond donors (Lipinski definition) is 0. The summed E-state index contributed by atoms with van der Waals surface area (Å²) in [5.41, 5.74) is 1.15. The number of hydrogen-bond acceptors (Lipinski definition) is 3. The maximum absolute atomic E-state index is 12.6. The first-order valence-corrected chi connectivity index (χ1v) is 8.49. The van der Waals surface area contributed by atoms with Crippen LogP contribution in [0.5, 0.6) is 0 Å². The van der Waals surface area contributed by atoms with E-state index in [4.69, 9.17) is 11.6 Å². The Balaban J connectivity index is 1.54. The molecule has 0 saturated carbocycles. The van der Waals surface area contributed by atoms with Crippen LogP contribution in [0.1, 0.15) is 12.8 Å². The first kappa shape index (κ1) is 15.6. The Morgan fingerprint density at radius 3 is 2.41 bits per heavy atom. The molecule has 2 fully saturated rings. The van der Waals surface area contributed by atoms with E-state index in [0.717, 1.165) is 62.8 Å². The van der Waals surface area contributed by atoms with Gasteiger partial charge in [-0.25, -0.2) is 0 Å². The molecule has 1 aromatic carbocycles. The summed E-state index contributed by atoms with van der Waals surface area (Å²) in [6.45, 7) is 5.49. The molecule has 2 saturated heterocycles. The van der Waals surface area contributed by atoms with Crippen LogP contribution in [0.2, 0.25) is 5.02 Å². The summed E-state index contributed by atoms with van der Waals surface area (Å²) in [6, 6.07) is 7.95. The maximum atomic E-state index is 12.6. The number of carbonyl (C=O) groups excluding carboxylic acids is 1. The smallest absolute Gasteiger partial charge is 0.225 e. The number of benzene rings is 1. The minimum absolute atomic E-state index is 0.230. The van der Waals surface area contributed by atoms with Crippen LogP contribution in [-0.4, -0.2) is 62.0 Å². The van der Waals surface area contributed by atoms with Gasteiger partial charge in [-0.05, 0) is 51.2 Å². The van der Waals surface area contributed by atoms with Gasteiger partial charge >= 0.3 is 0 Å². The second kappa shape index (κ2) is 6.88. The number of rotatable bonds is 2. The fourth-order valence-corrected chi connectivity index (χ4v) is 3.56. The van der Waals surface area contributed by atoms with E-state index in [1.165, 1.54) is 0 Å². The van der Waals surface area contributed by atoms with E-state index in [1.54, 1.807) is 0 Å². The van der Waals surface area contributed by atoms with Crippen molar-refractivity contribution < 1.29 is 4.79 Å². The van der Waals surface area contributed by atoms with E-state index < -0.39 is 0 Å². The second-order valence-corrected chi connectivity index (χ2v) is 6.81. The van der Waals surface area contributed by atoms with Crippen molar-refractivity contribution >= 4 is 23.2 Å². The minimum Gasteiger partial charge on any atom is -0.368 e. The van der Waals surface area contributed by atoms with Gasteiger partial charge in [-0.2, -0.15) is 0 Å². The van der Waals surface area contributed by atoms with E-state index in [9.17, 15) is 4.79 Å². The molecule has 120 valence electrons. The zero-order valence-electron chi connectivity index (χ0n) is 13.2. The molecule has 3 rings (SSSR count). The number of anilines is 1. The van der Waals surface area contributed by atoms with Crippen LogP contribution in [0.3, 0.4) is 0 Å². The van der Waals surface area contributed by atoms with Crippen LogP contribution in [-0.2, 0) is 4.79 Å².